The number of rotatable bonds is 6. The van der Waals surface area contributed by atoms with E-state index in [4.69, 9.17) is 4.42 Å². The second-order valence-corrected chi connectivity index (χ2v) is 5.81. The zero-order valence-corrected chi connectivity index (χ0v) is 12.5. The highest BCUT2D eigenvalue weighted by atomic mass is 16.3. The Labute approximate surface area is 116 Å². The molecule has 1 N–H and O–H groups in total. The van der Waals surface area contributed by atoms with Crippen molar-refractivity contribution in [3.63, 3.8) is 0 Å². The molecule has 0 aliphatic carbocycles. The third kappa shape index (κ3) is 4.97. The van der Waals surface area contributed by atoms with E-state index in [0.717, 1.165) is 24.6 Å². The van der Waals surface area contributed by atoms with Crippen molar-refractivity contribution in [1.29, 1.82) is 0 Å². The molecule has 0 saturated carbocycles. The molecule has 19 heavy (non-hydrogen) atoms. The summed E-state index contributed by atoms with van der Waals surface area (Å²) >= 11 is 0. The average molecular weight is 265 g/mol. The molecule has 108 valence electrons. The molecule has 1 aliphatic rings. The van der Waals surface area contributed by atoms with Gasteiger partial charge in [-0.1, -0.05) is 0 Å². The lowest BCUT2D eigenvalue weighted by Gasteiger charge is -2.32. The lowest BCUT2D eigenvalue weighted by atomic mass is 10.1. The Balaban J connectivity index is 1.63. The Morgan fingerprint density at radius 2 is 2.05 bits per heavy atom. The third-order valence-electron chi connectivity index (χ3n) is 3.81. The molecule has 0 aromatic carbocycles. The summed E-state index contributed by atoms with van der Waals surface area (Å²) in [6.45, 7) is 7.62. The highest BCUT2D eigenvalue weighted by Gasteiger charge is 2.18. The fourth-order valence-electron chi connectivity index (χ4n) is 2.53. The lowest BCUT2D eigenvalue weighted by molar-refractivity contribution is 0.180. The summed E-state index contributed by atoms with van der Waals surface area (Å²) in [6.07, 6.45) is 2.49. The maximum absolute atomic E-state index is 5.58. The summed E-state index contributed by atoms with van der Waals surface area (Å²) in [4.78, 5) is 4.82. The Bertz CT molecular complexity index is 367. The summed E-state index contributed by atoms with van der Waals surface area (Å²) in [5.41, 5.74) is 0. The molecule has 0 bridgehead atoms. The first-order valence-electron chi connectivity index (χ1n) is 7.29. The van der Waals surface area contributed by atoms with E-state index in [9.17, 15) is 0 Å². The molecule has 0 unspecified atom stereocenters. The van der Waals surface area contributed by atoms with Crippen LogP contribution in [0.5, 0.6) is 0 Å². The van der Waals surface area contributed by atoms with Gasteiger partial charge in [0, 0.05) is 19.1 Å². The number of hydrogen-bond donors (Lipinski definition) is 1. The summed E-state index contributed by atoms with van der Waals surface area (Å²) in [7, 11) is 4.28. The van der Waals surface area contributed by atoms with Gasteiger partial charge in [0.2, 0.25) is 0 Å². The first kappa shape index (κ1) is 14.6. The molecule has 2 rings (SSSR count). The molecule has 2 heterocycles. The van der Waals surface area contributed by atoms with Crippen LogP contribution < -0.4 is 5.32 Å². The van der Waals surface area contributed by atoms with E-state index in [1.165, 1.54) is 32.5 Å². The van der Waals surface area contributed by atoms with Crippen molar-refractivity contribution in [3.8, 4) is 0 Å². The molecular weight excluding hydrogens is 238 g/mol. The molecule has 1 fully saturated rings. The van der Waals surface area contributed by atoms with Crippen molar-refractivity contribution < 1.29 is 4.42 Å². The monoisotopic (exact) mass is 265 g/mol. The Hall–Kier alpha value is -0.840. The largest absolute Gasteiger partial charge is 0.465 e. The van der Waals surface area contributed by atoms with Crippen LogP contribution in [0, 0.1) is 6.92 Å². The van der Waals surface area contributed by atoms with Gasteiger partial charge in [0.05, 0.1) is 6.54 Å². The SMILES string of the molecule is Cc1ccc(CNC2CCN(CCN(C)C)CC2)o1. The number of hydrogen-bond acceptors (Lipinski definition) is 4. The van der Waals surface area contributed by atoms with Crippen molar-refractivity contribution in [3.05, 3.63) is 23.7 Å². The van der Waals surface area contributed by atoms with Gasteiger partial charge >= 0.3 is 0 Å². The molecule has 0 atom stereocenters. The minimum absolute atomic E-state index is 0.640. The van der Waals surface area contributed by atoms with Crippen molar-refractivity contribution in [2.75, 3.05) is 40.3 Å². The molecule has 1 aromatic heterocycles. The smallest absolute Gasteiger partial charge is 0.117 e. The first-order valence-corrected chi connectivity index (χ1v) is 7.29. The summed E-state index contributed by atoms with van der Waals surface area (Å²) in [6, 6.07) is 4.73. The third-order valence-corrected chi connectivity index (χ3v) is 3.81. The predicted molar refractivity (Wildman–Crippen MR) is 78.3 cm³/mol. The van der Waals surface area contributed by atoms with Crippen LogP contribution >= 0.6 is 0 Å². The summed E-state index contributed by atoms with van der Waals surface area (Å²) < 4.78 is 5.58. The van der Waals surface area contributed by atoms with E-state index in [-0.39, 0.29) is 0 Å². The number of piperidine rings is 1. The summed E-state index contributed by atoms with van der Waals surface area (Å²) in [5, 5.41) is 3.61. The van der Waals surface area contributed by atoms with Crippen LogP contribution in [-0.4, -0.2) is 56.1 Å². The van der Waals surface area contributed by atoms with E-state index in [1.807, 2.05) is 13.0 Å². The van der Waals surface area contributed by atoms with E-state index < -0.39 is 0 Å². The van der Waals surface area contributed by atoms with Crippen molar-refractivity contribution in [2.45, 2.75) is 32.4 Å². The molecule has 0 radical (unpaired) electrons. The first-order chi connectivity index (χ1) is 9.13. The van der Waals surface area contributed by atoms with Gasteiger partial charge in [0.25, 0.3) is 0 Å². The molecule has 0 amide bonds. The maximum atomic E-state index is 5.58. The van der Waals surface area contributed by atoms with Crippen LogP contribution in [0.15, 0.2) is 16.5 Å². The Morgan fingerprint density at radius 3 is 2.63 bits per heavy atom. The van der Waals surface area contributed by atoms with Gasteiger partial charge in [-0.2, -0.15) is 0 Å². The maximum Gasteiger partial charge on any atom is 0.117 e. The lowest BCUT2D eigenvalue weighted by Crippen LogP contribution is -2.44. The van der Waals surface area contributed by atoms with Gasteiger partial charge in [0.1, 0.15) is 11.5 Å². The highest BCUT2D eigenvalue weighted by Crippen LogP contribution is 2.12. The van der Waals surface area contributed by atoms with Gasteiger partial charge in [-0.25, -0.2) is 0 Å². The second-order valence-electron chi connectivity index (χ2n) is 5.81. The van der Waals surface area contributed by atoms with E-state index >= 15 is 0 Å². The topological polar surface area (TPSA) is 31.6 Å². The minimum atomic E-state index is 0.640. The number of likely N-dealkylation sites (tertiary alicyclic amines) is 1. The molecule has 4 nitrogen and oxygen atoms in total. The van der Waals surface area contributed by atoms with Gasteiger partial charge in [-0.3, -0.25) is 0 Å². The van der Waals surface area contributed by atoms with Gasteiger partial charge in [0.15, 0.2) is 0 Å². The van der Waals surface area contributed by atoms with Crippen LogP contribution in [0.4, 0.5) is 0 Å². The number of furan rings is 1. The van der Waals surface area contributed by atoms with E-state index in [0.29, 0.717) is 6.04 Å². The van der Waals surface area contributed by atoms with Crippen LogP contribution in [0.25, 0.3) is 0 Å². The molecular formula is C15H27N3O. The molecule has 1 aromatic rings. The standard InChI is InChI=1S/C15H27N3O/c1-13-4-5-15(19-13)12-16-14-6-8-18(9-7-14)11-10-17(2)3/h4-5,14,16H,6-12H2,1-3H3. The normalized spacial score (nSPS) is 18.3. The quantitative estimate of drug-likeness (QED) is 0.848. The van der Waals surface area contributed by atoms with Crippen molar-refractivity contribution in [1.82, 2.24) is 15.1 Å². The minimum Gasteiger partial charge on any atom is -0.465 e. The van der Waals surface area contributed by atoms with Crippen LogP contribution in [0.3, 0.4) is 0 Å². The Morgan fingerprint density at radius 1 is 1.32 bits per heavy atom. The van der Waals surface area contributed by atoms with Crippen LogP contribution in [0.2, 0.25) is 0 Å². The van der Waals surface area contributed by atoms with Crippen LogP contribution in [0.1, 0.15) is 24.4 Å². The van der Waals surface area contributed by atoms with Crippen molar-refractivity contribution in [2.24, 2.45) is 0 Å². The van der Waals surface area contributed by atoms with Gasteiger partial charge < -0.3 is 19.5 Å². The number of aryl methyl sites for hydroxylation is 1. The number of nitrogens with zero attached hydrogens (tertiary/aromatic N) is 2. The molecule has 1 aliphatic heterocycles. The van der Waals surface area contributed by atoms with Crippen LogP contribution in [-0.2, 0) is 6.54 Å². The molecule has 0 spiro atoms. The predicted octanol–water partition coefficient (Wildman–Crippen LogP) is 1.70. The Kier molecular flexibility index (Phi) is 5.43. The summed E-state index contributed by atoms with van der Waals surface area (Å²) in [5.74, 6) is 2.04. The average Bonchev–Trinajstić information content (AvgIpc) is 2.81. The number of nitrogens with one attached hydrogen (secondary N) is 1. The fraction of sp³-hybridized carbons (Fsp3) is 0.733. The molecule has 4 heteroatoms. The van der Waals surface area contributed by atoms with Gasteiger partial charge in [-0.15, -0.1) is 0 Å². The van der Waals surface area contributed by atoms with Crippen molar-refractivity contribution >= 4 is 0 Å². The van der Waals surface area contributed by atoms with E-state index in [1.54, 1.807) is 0 Å². The highest BCUT2D eigenvalue weighted by molar-refractivity contribution is 5.05. The molecule has 1 saturated heterocycles. The fourth-order valence-corrected chi connectivity index (χ4v) is 2.53. The zero-order chi connectivity index (χ0) is 13.7. The second kappa shape index (κ2) is 7.08. The van der Waals surface area contributed by atoms with Gasteiger partial charge in [-0.05, 0) is 59.1 Å². The van der Waals surface area contributed by atoms with E-state index in [2.05, 4.69) is 35.3 Å². The number of likely N-dealkylation sites (N-methyl/N-ethyl adjacent to an activating group) is 1. The zero-order valence-electron chi connectivity index (χ0n) is 12.5.